The molecule has 146 valence electrons. The molecule has 2 aromatic heterocycles. The summed E-state index contributed by atoms with van der Waals surface area (Å²) in [6.07, 6.45) is -2.05. The van der Waals surface area contributed by atoms with Crippen LogP contribution in [0.3, 0.4) is 0 Å². The number of fused-ring (bicyclic) bond motifs is 1. The van der Waals surface area contributed by atoms with E-state index in [1.54, 1.807) is 24.3 Å². The number of benzene rings is 1. The predicted octanol–water partition coefficient (Wildman–Crippen LogP) is 4.29. The molecule has 0 spiro atoms. The molecule has 1 aromatic carbocycles. The minimum atomic E-state index is -4.44. The first-order valence-corrected chi connectivity index (χ1v) is 8.70. The summed E-state index contributed by atoms with van der Waals surface area (Å²) in [5.41, 5.74) is 0.443. The lowest BCUT2D eigenvalue weighted by atomic mass is 10.1. The Morgan fingerprint density at radius 3 is 2.43 bits per heavy atom. The van der Waals surface area contributed by atoms with Crippen LogP contribution in [0, 0.1) is 0 Å². The summed E-state index contributed by atoms with van der Waals surface area (Å²) in [7, 11) is 0. The highest BCUT2D eigenvalue weighted by Gasteiger charge is 2.30. The molecule has 0 unspecified atom stereocenters. The highest BCUT2D eigenvalue weighted by atomic mass is 35.5. The van der Waals surface area contributed by atoms with Crippen LogP contribution < -0.4 is 5.32 Å². The van der Waals surface area contributed by atoms with Crippen LogP contribution >= 0.6 is 11.6 Å². The van der Waals surface area contributed by atoms with Gasteiger partial charge in [-0.05, 0) is 36.4 Å². The van der Waals surface area contributed by atoms with Crippen molar-refractivity contribution in [3.05, 3.63) is 70.6 Å². The number of hydrogen-bond donors (Lipinski definition) is 1. The second-order valence-electron chi connectivity index (χ2n) is 6.12. The molecule has 0 saturated heterocycles. The van der Waals surface area contributed by atoms with Crippen LogP contribution in [-0.2, 0) is 17.5 Å². The summed E-state index contributed by atoms with van der Waals surface area (Å²) in [6, 6.07) is 8.60. The molecule has 1 amide bonds. The van der Waals surface area contributed by atoms with Crippen LogP contribution in [0.5, 0.6) is 0 Å². The number of nitrogens with zero attached hydrogens (tertiary/aromatic N) is 2. The average Bonchev–Trinajstić information content (AvgIpc) is 3.06. The number of rotatable bonds is 6. The zero-order chi connectivity index (χ0) is 20.3. The molecule has 0 aliphatic carbocycles. The molecule has 9 heteroatoms. The average molecular weight is 410 g/mol. The van der Waals surface area contributed by atoms with E-state index in [1.165, 1.54) is 16.7 Å². The number of alkyl halides is 3. The molecule has 3 rings (SSSR count). The van der Waals surface area contributed by atoms with Gasteiger partial charge in [-0.15, -0.1) is 0 Å². The number of ketones is 1. The molecule has 2 heterocycles. The van der Waals surface area contributed by atoms with Crippen molar-refractivity contribution in [1.29, 1.82) is 0 Å². The third kappa shape index (κ3) is 4.89. The summed E-state index contributed by atoms with van der Waals surface area (Å²) in [6.45, 7) is 0.0526. The quantitative estimate of drug-likeness (QED) is 0.618. The molecular formula is C19H15ClF3N3O2. The first-order valence-electron chi connectivity index (χ1n) is 8.33. The standard InChI is InChI=1S/C19H15ClF3N3O2/c20-14-4-1-12(2-5-14)16(27)6-8-18(28)24-9-15-11-26-10-13(19(21,22)23)3-7-17(26)25-15/h1-5,7,10-11H,6,8-9H2,(H,24,28). The van der Waals surface area contributed by atoms with Gasteiger partial charge in [-0.3, -0.25) is 9.59 Å². The van der Waals surface area contributed by atoms with Gasteiger partial charge in [0.25, 0.3) is 0 Å². The molecule has 0 saturated carbocycles. The normalized spacial score (nSPS) is 11.6. The van der Waals surface area contributed by atoms with E-state index in [4.69, 9.17) is 11.6 Å². The summed E-state index contributed by atoms with van der Waals surface area (Å²) >= 11 is 5.76. The summed E-state index contributed by atoms with van der Waals surface area (Å²) in [5, 5.41) is 3.13. The molecule has 1 N–H and O–H groups in total. The molecule has 28 heavy (non-hydrogen) atoms. The number of carbonyl (C=O) groups is 2. The number of imidazole rings is 1. The van der Waals surface area contributed by atoms with Gasteiger partial charge in [0.2, 0.25) is 5.91 Å². The molecule has 0 atom stereocenters. The van der Waals surface area contributed by atoms with Crippen molar-refractivity contribution in [2.45, 2.75) is 25.6 Å². The van der Waals surface area contributed by atoms with E-state index in [0.717, 1.165) is 12.3 Å². The van der Waals surface area contributed by atoms with Crippen molar-refractivity contribution >= 4 is 28.9 Å². The van der Waals surface area contributed by atoms with Crippen LogP contribution in [0.15, 0.2) is 48.8 Å². The maximum absolute atomic E-state index is 12.7. The predicted molar refractivity (Wildman–Crippen MR) is 97.1 cm³/mol. The van der Waals surface area contributed by atoms with Crippen molar-refractivity contribution in [3.63, 3.8) is 0 Å². The maximum Gasteiger partial charge on any atom is 0.417 e. The van der Waals surface area contributed by atoms with Gasteiger partial charge in [0.15, 0.2) is 5.78 Å². The SMILES string of the molecule is O=C(CCC(=O)c1ccc(Cl)cc1)NCc1cn2cc(C(F)(F)F)ccc2n1. The number of pyridine rings is 1. The van der Waals surface area contributed by atoms with Gasteiger partial charge in [-0.25, -0.2) is 4.98 Å². The number of nitrogens with one attached hydrogen (secondary N) is 1. The second-order valence-corrected chi connectivity index (χ2v) is 6.56. The Bertz CT molecular complexity index is 1010. The van der Waals surface area contributed by atoms with Crippen LogP contribution in [0.4, 0.5) is 13.2 Å². The molecule has 5 nitrogen and oxygen atoms in total. The van der Waals surface area contributed by atoms with E-state index in [-0.39, 0.29) is 31.1 Å². The van der Waals surface area contributed by atoms with Gasteiger partial charge in [-0.2, -0.15) is 13.2 Å². The molecule has 3 aromatic rings. The Balaban J connectivity index is 1.54. The van der Waals surface area contributed by atoms with Crippen LogP contribution in [-0.4, -0.2) is 21.1 Å². The fourth-order valence-corrected chi connectivity index (χ4v) is 2.71. The third-order valence-corrected chi connectivity index (χ3v) is 4.29. The minimum Gasteiger partial charge on any atom is -0.350 e. The van der Waals surface area contributed by atoms with Crippen molar-refractivity contribution in [3.8, 4) is 0 Å². The molecule has 0 bridgehead atoms. The highest BCUT2D eigenvalue weighted by molar-refractivity contribution is 6.30. The molecule has 0 aliphatic heterocycles. The highest BCUT2D eigenvalue weighted by Crippen LogP contribution is 2.29. The third-order valence-electron chi connectivity index (χ3n) is 4.04. The van der Waals surface area contributed by atoms with E-state index < -0.39 is 11.7 Å². The lowest BCUT2D eigenvalue weighted by Crippen LogP contribution is -2.23. The lowest BCUT2D eigenvalue weighted by molar-refractivity contribution is -0.137. The largest absolute Gasteiger partial charge is 0.417 e. The van der Waals surface area contributed by atoms with Gasteiger partial charge in [0.05, 0.1) is 17.8 Å². The van der Waals surface area contributed by atoms with Crippen LogP contribution in [0.1, 0.15) is 34.5 Å². The summed E-state index contributed by atoms with van der Waals surface area (Å²) in [4.78, 5) is 28.1. The van der Waals surface area contributed by atoms with Gasteiger partial charge in [0, 0.05) is 35.8 Å². The second kappa shape index (κ2) is 8.02. The monoisotopic (exact) mass is 409 g/mol. The van der Waals surface area contributed by atoms with E-state index in [2.05, 4.69) is 10.3 Å². The topological polar surface area (TPSA) is 63.5 Å². The summed E-state index contributed by atoms with van der Waals surface area (Å²) < 4.78 is 39.5. The number of hydrogen-bond acceptors (Lipinski definition) is 3. The lowest BCUT2D eigenvalue weighted by Gasteiger charge is -2.05. The van der Waals surface area contributed by atoms with Crippen molar-refractivity contribution in [2.24, 2.45) is 0 Å². The first kappa shape index (κ1) is 19.9. The summed E-state index contributed by atoms with van der Waals surface area (Å²) in [5.74, 6) is -0.533. The Hall–Kier alpha value is -2.87. The molecule has 0 fully saturated rings. The Labute approximate surface area is 163 Å². The number of halogens is 4. The van der Waals surface area contributed by atoms with Gasteiger partial charge < -0.3 is 9.72 Å². The Morgan fingerprint density at radius 2 is 1.75 bits per heavy atom. The smallest absolute Gasteiger partial charge is 0.350 e. The van der Waals surface area contributed by atoms with E-state index in [1.807, 2.05) is 0 Å². The fourth-order valence-electron chi connectivity index (χ4n) is 2.58. The van der Waals surface area contributed by atoms with E-state index in [0.29, 0.717) is 21.9 Å². The van der Waals surface area contributed by atoms with Gasteiger partial charge in [0.1, 0.15) is 5.65 Å². The van der Waals surface area contributed by atoms with Crippen molar-refractivity contribution < 1.29 is 22.8 Å². The maximum atomic E-state index is 12.7. The van der Waals surface area contributed by atoms with Gasteiger partial charge in [-0.1, -0.05) is 11.6 Å². The zero-order valence-corrected chi connectivity index (χ0v) is 15.2. The van der Waals surface area contributed by atoms with E-state index >= 15 is 0 Å². The number of amides is 1. The number of aromatic nitrogens is 2. The first-order chi connectivity index (χ1) is 13.2. The van der Waals surface area contributed by atoms with Crippen molar-refractivity contribution in [2.75, 3.05) is 0 Å². The molecular weight excluding hydrogens is 395 g/mol. The van der Waals surface area contributed by atoms with Gasteiger partial charge >= 0.3 is 6.18 Å². The fraction of sp³-hybridized carbons (Fsp3) is 0.211. The molecule has 0 radical (unpaired) electrons. The Morgan fingerprint density at radius 1 is 1.04 bits per heavy atom. The minimum absolute atomic E-state index is 0.00689. The van der Waals surface area contributed by atoms with E-state index in [9.17, 15) is 22.8 Å². The van der Waals surface area contributed by atoms with Crippen LogP contribution in [0.25, 0.3) is 5.65 Å². The number of Topliss-reactive ketones (excluding diaryl/α,β-unsaturated/α-hetero) is 1. The van der Waals surface area contributed by atoms with Crippen molar-refractivity contribution in [1.82, 2.24) is 14.7 Å². The Kier molecular flexibility index (Phi) is 5.69. The molecule has 0 aliphatic rings. The van der Waals surface area contributed by atoms with Crippen LogP contribution in [0.2, 0.25) is 5.02 Å². The zero-order valence-electron chi connectivity index (χ0n) is 14.5. The number of carbonyl (C=O) groups excluding carboxylic acids is 2.